The number of carbonyl (C=O) groups excluding carboxylic acids is 2. The van der Waals surface area contributed by atoms with Crippen molar-refractivity contribution in [2.75, 3.05) is 11.1 Å². The predicted molar refractivity (Wildman–Crippen MR) is 115 cm³/mol. The van der Waals surface area contributed by atoms with E-state index in [1.54, 1.807) is 24.3 Å². The van der Waals surface area contributed by atoms with E-state index in [4.69, 9.17) is 0 Å². The maximum Gasteiger partial charge on any atom is 0.234 e. The highest BCUT2D eigenvalue weighted by atomic mass is 79.9. The summed E-state index contributed by atoms with van der Waals surface area (Å²) in [7, 11) is 0. The molecule has 0 aliphatic heterocycles. The first-order valence-corrected chi connectivity index (χ1v) is 10.5. The molecule has 0 unspecified atom stereocenters. The molecule has 3 aromatic rings. The van der Waals surface area contributed by atoms with E-state index < -0.39 is 0 Å². The molecule has 144 valence electrons. The number of amides is 1. The summed E-state index contributed by atoms with van der Waals surface area (Å²) in [5.74, 6) is 0.843. The number of carbonyl (C=O) groups is 2. The van der Waals surface area contributed by atoms with Crippen LogP contribution in [0.3, 0.4) is 0 Å². The molecular formula is C20H19BrN4O2S. The number of Topliss-reactive ketones (excluding diaryl/α,β-unsaturated/α-hetero) is 1. The van der Waals surface area contributed by atoms with Gasteiger partial charge in [-0.3, -0.25) is 9.59 Å². The minimum absolute atomic E-state index is 0.00564. The Bertz CT molecular complexity index is 984. The van der Waals surface area contributed by atoms with Gasteiger partial charge in [0, 0.05) is 27.8 Å². The number of hydrogen-bond acceptors (Lipinski definition) is 5. The summed E-state index contributed by atoms with van der Waals surface area (Å²) in [5.41, 5.74) is 2.24. The molecule has 3 rings (SSSR count). The zero-order chi connectivity index (χ0) is 20.1. The molecule has 0 atom stereocenters. The van der Waals surface area contributed by atoms with Crippen LogP contribution in [0.1, 0.15) is 24.2 Å². The van der Waals surface area contributed by atoms with Crippen LogP contribution in [-0.2, 0) is 11.3 Å². The van der Waals surface area contributed by atoms with Gasteiger partial charge in [-0.25, -0.2) is 0 Å². The van der Waals surface area contributed by atoms with Crippen LogP contribution in [0.4, 0.5) is 5.69 Å². The molecule has 0 saturated heterocycles. The van der Waals surface area contributed by atoms with Crippen LogP contribution in [0.5, 0.6) is 0 Å². The molecule has 0 aliphatic rings. The monoisotopic (exact) mass is 458 g/mol. The Balaban J connectivity index is 1.64. The minimum Gasteiger partial charge on any atom is -0.325 e. The van der Waals surface area contributed by atoms with E-state index in [1.807, 2.05) is 35.8 Å². The Morgan fingerprint density at radius 2 is 1.75 bits per heavy atom. The van der Waals surface area contributed by atoms with Crippen molar-refractivity contribution in [1.29, 1.82) is 0 Å². The number of benzene rings is 2. The summed E-state index contributed by atoms with van der Waals surface area (Å²) in [6.45, 7) is 4.23. The van der Waals surface area contributed by atoms with E-state index in [2.05, 4.69) is 31.4 Å². The van der Waals surface area contributed by atoms with Crippen molar-refractivity contribution >= 4 is 45.1 Å². The summed E-state index contributed by atoms with van der Waals surface area (Å²) in [5, 5.41) is 12.1. The third-order valence-corrected chi connectivity index (χ3v) is 5.54. The SMILES string of the molecule is CCn1c(SCC(=O)Nc2ccc(C(C)=O)cc2)nnc1-c1ccc(Br)cc1. The molecule has 0 spiro atoms. The first-order valence-electron chi connectivity index (χ1n) is 8.70. The van der Waals surface area contributed by atoms with E-state index in [-0.39, 0.29) is 17.4 Å². The molecule has 0 radical (unpaired) electrons. The molecule has 1 amide bonds. The maximum absolute atomic E-state index is 12.3. The van der Waals surface area contributed by atoms with E-state index in [0.29, 0.717) is 23.0 Å². The second kappa shape index (κ2) is 9.16. The quantitative estimate of drug-likeness (QED) is 0.411. The van der Waals surface area contributed by atoms with Gasteiger partial charge < -0.3 is 9.88 Å². The van der Waals surface area contributed by atoms with Crippen LogP contribution >= 0.6 is 27.7 Å². The van der Waals surface area contributed by atoms with Crippen molar-refractivity contribution in [2.24, 2.45) is 0 Å². The van der Waals surface area contributed by atoms with Crippen molar-refractivity contribution < 1.29 is 9.59 Å². The number of rotatable bonds is 7. The topological polar surface area (TPSA) is 76.9 Å². The van der Waals surface area contributed by atoms with Gasteiger partial charge in [0.05, 0.1) is 5.75 Å². The first kappa shape index (κ1) is 20.3. The van der Waals surface area contributed by atoms with E-state index in [1.165, 1.54) is 18.7 Å². The number of nitrogens with zero attached hydrogens (tertiary/aromatic N) is 3. The molecule has 0 fully saturated rings. The van der Waals surface area contributed by atoms with Gasteiger partial charge in [0.15, 0.2) is 16.8 Å². The van der Waals surface area contributed by atoms with Crippen molar-refractivity contribution in [2.45, 2.75) is 25.5 Å². The van der Waals surface area contributed by atoms with Crippen molar-refractivity contribution in [3.63, 3.8) is 0 Å². The highest BCUT2D eigenvalue weighted by molar-refractivity contribution is 9.10. The summed E-state index contributed by atoms with van der Waals surface area (Å²) >= 11 is 4.77. The first-order chi connectivity index (χ1) is 13.5. The zero-order valence-electron chi connectivity index (χ0n) is 15.5. The molecule has 8 heteroatoms. The standard InChI is InChI=1S/C20H19BrN4O2S/c1-3-25-19(15-4-8-16(21)9-5-15)23-24-20(25)28-12-18(27)22-17-10-6-14(7-11-17)13(2)26/h4-11H,3,12H2,1-2H3,(H,22,27). The van der Waals surface area contributed by atoms with E-state index in [9.17, 15) is 9.59 Å². The van der Waals surface area contributed by atoms with Gasteiger partial charge in [-0.05, 0) is 50.2 Å². The maximum atomic E-state index is 12.3. The Hall–Kier alpha value is -2.45. The third kappa shape index (κ3) is 4.88. The Kier molecular flexibility index (Phi) is 6.64. The Morgan fingerprint density at radius 1 is 1.07 bits per heavy atom. The van der Waals surface area contributed by atoms with Gasteiger partial charge in [-0.1, -0.05) is 39.8 Å². The minimum atomic E-state index is -0.142. The lowest BCUT2D eigenvalue weighted by Gasteiger charge is -2.08. The average Bonchev–Trinajstić information content (AvgIpc) is 3.10. The number of halogens is 1. The van der Waals surface area contributed by atoms with Gasteiger partial charge in [-0.2, -0.15) is 0 Å². The predicted octanol–water partition coefficient (Wildman–Crippen LogP) is 4.66. The number of hydrogen-bond donors (Lipinski definition) is 1. The summed E-state index contributed by atoms with van der Waals surface area (Å²) in [4.78, 5) is 23.6. The van der Waals surface area contributed by atoms with E-state index in [0.717, 1.165) is 15.9 Å². The fourth-order valence-corrected chi connectivity index (χ4v) is 3.68. The highest BCUT2D eigenvalue weighted by Crippen LogP contribution is 2.25. The lowest BCUT2D eigenvalue weighted by atomic mass is 10.1. The summed E-state index contributed by atoms with van der Waals surface area (Å²) < 4.78 is 2.99. The largest absolute Gasteiger partial charge is 0.325 e. The van der Waals surface area contributed by atoms with Crippen LogP contribution in [0.2, 0.25) is 0 Å². The van der Waals surface area contributed by atoms with Crippen LogP contribution < -0.4 is 5.32 Å². The molecule has 6 nitrogen and oxygen atoms in total. The van der Waals surface area contributed by atoms with Gasteiger partial charge in [0.1, 0.15) is 0 Å². The molecule has 0 bridgehead atoms. The molecule has 1 N–H and O–H groups in total. The second-order valence-corrected chi connectivity index (χ2v) is 7.89. The molecular weight excluding hydrogens is 440 g/mol. The average molecular weight is 459 g/mol. The molecule has 1 heterocycles. The molecule has 0 saturated carbocycles. The molecule has 1 aromatic heterocycles. The number of thioether (sulfide) groups is 1. The molecule has 0 aliphatic carbocycles. The lowest BCUT2D eigenvalue weighted by Crippen LogP contribution is -2.14. The third-order valence-electron chi connectivity index (χ3n) is 4.04. The van der Waals surface area contributed by atoms with Crippen molar-refractivity contribution in [1.82, 2.24) is 14.8 Å². The Morgan fingerprint density at radius 3 is 2.36 bits per heavy atom. The molecule has 28 heavy (non-hydrogen) atoms. The van der Waals surface area contributed by atoms with Crippen molar-refractivity contribution in [3.05, 3.63) is 58.6 Å². The normalized spacial score (nSPS) is 10.7. The Labute approximate surface area is 175 Å². The lowest BCUT2D eigenvalue weighted by molar-refractivity contribution is -0.113. The fourth-order valence-electron chi connectivity index (χ4n) is 2.61. The number of ketones is 1. The number of nitrogens with one attached hydrogen (secondary N) is 1. The van der Waals surface area contributed by atoms with E-state index >= 15 is 0 Å². The zero-order valence-corrected chi connectivity index (χ0v) is 17.9. The van der Waals surface area contributed by atoms with Crippen molar-refractivity contribution in [3.8, 4) is 11.4 Å². The number of aromatic nitrogens is 3. The molecule has 2 aromatic carbocycles. The highest BCUT2D eigenvalue weighted by Gasteiger charge is 2.14. The summed E-state index contributed by atoms with van der Waals surface area (Å²) in [6.07, 6.45) is 0. The number of anilines is 1. The van der Waals surface area contributed by atoms with Gasteiger partial charge >= 0.3 is 0 Å². The second-order valence-electron chi connectivity index (χ2n) is 6.03. The van der Waals surface area contributed by atoms with Crippen LogP contribution in [0.15, 0.2) is 58.2 Å². The fraction of sp³-hybridized carbons (Fsp3) is 0.200. The van der Waals surface area contributed by atoms with Gasteiger partial charge in [0.25, 0.3) is 0 Å². The van der Waals surface area contributed by atoms with Crippen LogP contribution in [-0.4, -0.2) is 32.2 Å². The summed E-state index contributed by atoms with van der Waals surface area (Å²) in [6, 6.07) is 14.7. The van der Waals surface area contributed by atoms with Gasteiger partial charge in [0.2, 0.25) is 5.91 Å². The van der Waals surface area contributed by atoms with Crippen LogP contribution in [0, 0.1) is 0 Å². The van der Waals surface area contributed by atoms with Crippen LogP contribution in [0.25, 0.3) is 11.4 Å². The smallest absolute Gasteiger partial charge is 0.234 e. The van der Waals surface area contributed by atoms with Gasteiger partial charge in [-0.15, -0.1) is 10.2 Å².